The summed E-state index contributed by atoms with van der Waals surface area (Å²) < 4.78 is 5.67. The number of carbonyl (C=O) groups is 1. The molecule has 0 aromatic rings. The number of halogens is 2. The Hall–Kier alpha value is 0.930. The lowest BCUT2D eigenvalue weighted by molar-refractivity contribution is -0.143. The van der Waals surface area contributed by atoms with E-state index in [2.05, 4.69) is 45.2 Å². The molecule has 0 aromatic carbocycles. The second-order valence-corrected chi connectivity index (χ2v) is 4.30. The van der Waals surface area contributed by atoms with Crippen LogP contribution in [0.4, 0.5) is 0 Å². The van der Waals surface area contributed by atoms with Crippen LogP contribution < -0.4 is 0 Å². The summed E-state index contributed by atoms with van der Waals surface area (Å²) in [5.74, 6) is -0.105. The highest BCUT2D eigenvalue weighted by Crippen LogP contribution is 2.02. The van der Waals surface area contributed by atoms with E-state index in [1.54, 1.807) is 0 Å². The first-order valence-corrected chi connectivity index (χ1v) is 5.33. The maximum atomic E-state index is 10.6. The normalized spacial score (nSPS) is 12.8. The Bertz CT molecular complexity index is 93.0. The number of ether oxygens (including phenoxy) is 1. The van der Waals surface area contributed by atoms with Gasteiger partial charge in [0.2, 0.25) is 0 Å². The standard InChI is InChI=1S/C5H8I2O2/c1-4(7)9-5(8)2-3-6/h4H,2-3H2,1H3. The molecule has 0 aromatic heterocycles. The van der Waals surface area contributed by atoms with E-state index in [0.29, 0.717) is 6.42 Å². The number of carbonyl (C=O) groups excluding carboxylic acids is 1. The van der Waals surface area contributed by atoms with Crippen LogP contribution in [0.3, 0.4) is 0 Å². The summed E-state index contributed by atoms with van der Waals surface area (Å²) in [5.41, 5.74) is 0. The summed E-state index contributed by atoms with van der Waals surface area (Å²) in [6, 6.07) is 0. The monoisotopic (exact) mass is 354 g/mol. The molecule has 1 unspecified atom stereocenters. The van der Waals surface area contributed by atoms with E-state index in [-0.39, 0.29) is 10.1 Å². The fourth-order valence-corrected chi connectivity index (χ4v) is 1.04. The third kappa shape index (κ3) is 6.82. The van der Waals surface area contributed by atoms with Crippen molar-refractivity contribution in [3.8, 4) is 0 Å². The van der Waals surface area contributed by atoms with Crippen molar-refractivity contribution < 1.29 is 9.53 Å². The molecule has 2 nitrogen and oxygen atoms in total. The molecule has 0 saturated heterocycles. The molecule has 0 aliphatic rings. The third-order valence-electron chi connectivity index (χ3n) is 0.592. The van der Waals surface area contributed by atoms with Gasteiger partial charge in [-0.2, -0.15) is 0 Å². The van der Waals surface area contributed by atoms with E-state index >= 15 is 0 Å². The quantitative estimate of drug-likeness (QED) is 0.441. The van der Waals surface area contributed by atoms with Crippen LogP contribution in [-0.2, 0) is 9.53 Å². The molecular formula is C5H8I2O2. The van der Waals surface area contributed by atoms with Crippen LogP contribution in [0.5, 0.6) is 0 Å². The molecule has 0 fully saturated rings. The molecule has 0 heterocycles. The Kier molecular flexibility index (Phi) is 6.28. The molecule has 0 N–H and O–H groups in total. The molecule has 0 spiro atoms. The molecule has 0 radical (unpaired) electrons. The molecule has 0 amide bonds. The van der Waals surface area contributed by atoms with Crippen LogP contribution >= 0.6 is 45.2 Å². The van der Waals surface area contributed by atoms with Gasteiger partial charge in [0.25, 0.3) is 0 Å². The number of rotatable bonds is 3. The van der Waals surface area contributed by atoms with Crippen LogP contribution in [0.25, 0.3) is 0 Å². The maximum absolute atomic E-state index is 10.6. The van der Waals surface area contributed by atoms with Crippen molar-refractivity contribution in [2.75, 3.05) is 4.43 Å². The molecule has 0 aliphatic carbocycles. The van der Waals surface area contributed by atoms with E-state index in [4.69, 9.17) is 4.74 Å². The summed E-state index contributed by atoms with van der Waals surface area (Å²) in [6.07, 6.45) is 0.522. The van der Waals surface area contributed by atoms with Crippen LogP contribution in [-0.4, -0.2) is 14.5 Å². The Labute approximate surface area is 82.0 Å². The highest BCUT2D eigenvalue weighted by molar-refractivity contribution is 14.1. The highest BCUT2D eigenvalue weighted by Gasteiger charge is 2.03. The average molecular weight is 354 g/mol. The largest absolute Gasteiger partial charge is 0.452 e. The van der Waals surface area contributed by atoms with Gasteiger partial charge < -0.3 is 4.74 Å². The molecule has 9 heavy (non-hydrogen) atoms. The van der Waals surface area contributed by atoms with E-state index in [1.165, 1.54) is 0 Å². The number of esters is 1. The first-order valence-electron chi connectivity index (χ1n) is 2.56. The van der Waals surface area contributed by atoms with Crippen molar-refractivity contribution in [1.29, 1.82) is 0 Å². The van der Waals surface area contributed by atoms with E-state index in [1.807, 2.05) is 6.92 Å². The van der Waals surface area contributed by atoms with Gasteiger partial charge in [-0.25, -0.2) is 0 Å². The predicted octanol–water partition coefficient (Wildman–Crippen LogP) is 2.14. The lowest BCUT2D eigenvalue weighted by Gasteiger charge is -2.03. The smallest absolute Gasteiger partial charge is 0.307 e. The fourth-order valence-electron chi connectivity index (χ4n) is 0.317. The minimum absolute atomic E-state index is 0.00181. The zero-order chi connectivity index (χ0) is 7.28. The Morgan fingerprint density at radius 1 is 1.78 bits per heavy atom. The van der Waals surface area contributed by atoms with Gasteiger partial charge in [0.15, 0.2) is 0 Å². The van der Waals surface area contributed by atoms with Gasteiger partial charge in [0, 0.05) is 4.43 Å². The fraction of sp³-hybridized carbons (Fsp3) is 0.800. The minimum Gasteiger partial charge on any atom is -0.452 e. The van der Waals surface area contributed by atoms with Crippen LogP contribution in [0, 0.1) is 0 Å². The van der Waals surface area contributed by atoms with Crippen molar-refractivity contribution in [2.45, 2.75) is 17.5 Å². The molecule has 0 aliphatic heterocycles. The molecule has 4 heteroatoms. The van der Waals surface area contributed by atoms with Gasteiger partial charge in [0.1, 0.15) is 4.11 Å². The minimum atomic E-state index is -0.105. The number of alkyl halides is 2. The van der Waals surface area contributed by atoms with Crippen molar-refractivity contribution in [2.24, 2.45) is 0 Å². The zero-order valence-electron chi connectivity index (χ0n) is 5.06. The van der Waals surface area contributed by atoms with Gasteiger partial charge in [-0.05, 0) is 29.5 Å². The Balaban J connectivity index is 3.27. The first kappa shape index (κ1) is 9.93. The van der Waals surface area contributed by atoms with Gasteiger partial charge in [0.05, 0.1) is 6.42 Å². The van der Waals surface area contributed by atoms with Gasteiger partial charge in [-0.1, -0.05) is 22.6 Å². The summed E-state index contributed by atoms with van der Waals surface area (Å²) in [4.78, 5) is 10.6. The molecule has 0 saturated carbocycles. The summed E-state index contributed by atoms with van der Waals surface area (Å²) in [7, 11) is 0. The van der Waals surface area contributed by atoms with Gasteiger partial charge >= 0.3 is 5.97 Å². The first-order chi connectivity index (χ1) is 4.16. The summed E-state index contributed by atoms with van der Waals surface area (Å²) in [6.45, 7) is 1.84. The maximum Gasteiger partial charge on any atom is 0.307 e. The number of hydrogen-bond donors (Lipinski definition) is 0. The lowest BCUT2D eigenvalue weighted by Crippen LogP contribution is -2.08. The van der Waals surface area contributed by atoms with Crippen LogP contribution in [0.2, 0.25) is 0 Å². The van der Waals surface area contributed by atoms with E-state index < -0.39 is 0 Å². The van der Waals surface area contributed by atoms with Crippen molar-refractivity contribution in [1.82, 2.24) is 0 Å². The van der Waals surface area contributed by atoms with Crippen molar-refractivity contribution in [3.05, 3.63) is 0 Å². The van der Waals surface area contributed by atoms with Gasteiger partial charge in [-0.15, -0.1) is 0 Å². The van der Waals surface area contributed by atoms with E-state index in [9.17, 15) is 4.79 Å². The molecule has 54 valence electrons. The van der Waals surface area contributed by atoms with Crippen molar-refractivity contribution in [3.63, 3.8) is 0 Å². The van der Waals surface area contributed by atoms with Crippen molar-refractivity contribution >= 4 is 51.2 Å². The lowest BCUT2D eigenvalue weighted by atomic mass is 10.5. The highest BCUT2D eigenvalue weighted by atomic mass is 127. The Morgan fingerprint density at radius 3 is 2.67 bits per heavy atom. The predicted molar refractivity (Wildman–Crippen MR) is 53.1 cm³/mol. The Morgan fingerprint density at radius 2 is 2.33 bits per heavy atom. The summed E-state index contributed by atoms with van der Waals surface area (Å²) in [5, 5.41) is 0. The molecule has 1 atom stereocenters. The second-order valence-electron chi connectivity index (χ2n) is 1.47. The van der Waals surface area contributed by atoms with Crippen LogP contribution in [0.1, 0.15) is 13.3 Å². The van der Waals surface area contributed by atoms with Gasteiger partial charge in [-0.3, -0.25) is 4.79 Å². The molecule has 0 bridgehead atoms. The second kappa shape index (κ2) is 5.70. The third-order valence-corrected chi connectivity index (χ3v) is 1.39. The summed E-state index contributed by atoms with van der Waals surface area (Å²) >= 11 is 4.20. The molecule has 0 rings (SSSR count). The molecular weight excluding hydrogens is 346 g/mol. The average Bonchev–Trinajstić information content (AvgIpc) is 1.63. The zero-order valence-corrected chi connectivity index (χ0v) is 9.38. The van der Waals surface area contributed by atoms with Crippen LogP contribution in [0.15, 0.2) is 0 Å². The van der Waals surface area contributed by atoms with E-state index in [0.717, 1.165) is 4.43 Å². The SMILES string of the molecule is CC(I)OC(=O)CCI. The topological polar surface area (TPSA) is 26.3 Å². The number of hydrogen-bond acceptors (Lipinski definition) is 2.